The molecule has 9 heteroatoms. The number of carbonyl (C=O) groups is 1. The van der Waals surface area contributed by atoms with Crippen molar-refractivity contribution in [1.29, 1.82) is 5.26 Å². The van der Waals surface area contributed by atoms with E-state index in [9.17, 15) is 20.2 Å². The molecule has 0 spiro atoms. The van der Waals surface area contributed by atoms with E-state index in [1.165, 1.54) is 37.5 Å². The summed E-state index contributed by atoms with van der Waals surface area (Å²) in [6.07, 6.45) is 1.44. The van der Waals surface area contributed by atoms with Crippen LogP contribution in [-0.4, -0.2) is 24.5 Å². The number of nitro benzene ring substituents is 1. The zero-order valence-electron chi connectivity index (χ0n) is 15.1. The number of non-ortho nitro benzene ring substituents is 1. The molecule has 0 aliphatic heterocycles. The number of nitrogens with one attached hydrogen (secondary N) is 1. The smallest absolute Gasteiger partial charge is 0.269 e. The van der Waals surface area contributed by atoms with Gasteiger partial charge in [-0.25, -0.2) is 0 Å². The molecule has 2 aromatic carbocycles. The Morgan fingerprint density at radius 3 is 2.57 bits per heavy atom. The molecule has 0 saturated heterocycles. The van der Waals surface area contributed by atoms with Gasteiger partial charge in [0, 0.05) is 17.8 Å². The van der Waals surface area contributed by atoms with Crippen LogP contribution in [0.15, 0.2) is 42.0 Å². The largest absolute Gasteiger partial charge is 0.492 e. The number of nitrogens with zero attached hydrogens (tertiary/aromatic N) is 2. The summed E-state index contributed by atoms with van der Waals surface area (Å²) in [4.78, 5) is 22.5. The predicted molar refractivity (Wildman–Crippen MR) is 112 cm³/mol. The molecular formula is C19H16IN3O5. The average Bonchev–Trinajstić information content (AvgIpc) is 2.66. The number of rotatable bonds is 7. The number of anilines is 1. The number of benzene rings is 2. The molecule has 2 rings (SSSR count). The van der Waals surface area contributed by atoms with Crippen LogP contribution in [0.3, 0.4) is 0 Å². The maximum absolute atomic E-state index is 12.4. The molecule has 0 fully saturated rings. The number of carbonyl (C=O) groups excluding carboxylic acids is 1. The minimum Gasteiger partial charge on any atom is -0.492 e. The lowest BCUT2D eigenvalue weighted by atomic mass is 10.1. The van der Waals surface area contributed by atoms with Gasteiger partial charge >= 0.3 is 0 Å². The summed E-state index contributed by atoms with van der Waals surface area (Å²) >= 11 is 2.08. The highest BCUT2D eigenvalue weighted by Gasteiger charge is 2.14. The summed E-state index contributed by atoms with van der Waals surface area (Å²) in [7, 11) is 1.54. The minimum atomic E-state index is -0.625. The highest BCUT2D eigenvalue weighted by atomic mass is 127. The highest BCUT2D eigenvalue weighted by Crippen LogP contribution is 2.34. The molecule has 8 nitrogen and oxygen atoms in total. The third-order valence-electron chi connectivity index (χ3n) is 3.55. The molecule has 144 valence electrons. The molecule has 0 aliphatic carbocycles. The van der Waals surface area contributed by atoms with Gasteiger partial charge in [-0.3, -0.25) is 14.9 Å². The number of nitriles is 1. The first kappa shape index (κ1) is 21.2. The Bertz CT molecular complexity index is 965. The normalized spacial score (nSPS) is 10.7. The number of ether oxygens (including phenoxy) is 2. The van der Waals surface area contributed by atoms with Gasteiger partial charge in [-0.15, -0.1) is 0 Å². The Balaban J connectivity index is 2.28. The number of amides is 1. The van der Waals surface area contributed by atoms with E-state index in [0.29, 0.717) is 29.4 Å². The average molecular weight is 493 g/mol. The van der Waals surface area contributed by atoms with Gasteiger partial charge in [0.1, 0.15) is 11.6 Å². The maximum atomic E-state index is 12.4. The summed E-state index contributed by atoms with van der Waals surface area (Å²) in [6, 6.07) is 10.6. The van der Waals surface area contributed by atoms with Crippen LogP contribution in [0.4, 0.5) is 11.4 Å². The second-order valence-corrected chi connectivity index (χ2v) is 6.56. The summed E-state index contributed by atoms with van der Waals surface area (Å²) in [5.74, 6) is 0.463. The standard InChI is InChI=1S/C19H16IN3O5/c1-3-28-17-10-12(9-16(20)18(17)27-2)8-13(11-21)19(24)22-14-4-6-15(7-5-14)23(25)26/h4-10H,3H2,1-2H3,(H,22,24). The van der Waals surface area contributed by atoms with Gasteiger partial charge in [0.05, 0.1) is 22.2 Å². The number of hydrogen-bond donors (Lipinski definition) is 1. The van der Waals surface area contributed by atoms with Crippen molar-refractivity contribution in [2.75, 3.05) is 19.0 Å². The zero-order valence-corrected chi connectivity index (χ0v) is 17.2. The molecule has 0 radical (unpaired) electrons. The van der Waals surface area contributed by atoms with Gasteiger partial charge in [-0.2, -0.15) is 5.26 Å². The van der Waals surface area contributed by atoms with E-state index in [-0.39, 0.29) is 11.3 Å². The van der Waals surface area contributed by atoms with Crippen LogP contribution in [0, 0.1) is 25.0 Å². The molecular weight excluding hydrogens is 477 g/mol. The van der Waals surface area contributed by atoms with Crippen molar-refractivity contribution >= 4 is 45.9 Å². The van der Waals surface area contributed by atoms with Crippen molar-refractivity contribution in [3.8, 4) is 17.6 Å². The third kappa shape index (κ3) is 5.20. The lowest BCUT2D eigenvalue weighted by Crippen LogP contribution is -2.13. The van der Waals surface area contributed by atoms with Crippen molar-refractivity contribution in [2.24, 2.45) is 0 Å². The molecule has 28 heavy (non-hydrogen) atoms. The summed E-state index contributed by atoms with van der Waals surface area (Å²) < 4.78 is 11.6. The van der Waals surface area contributed by atoms with Crippen LogP contribution in [0.5, 0.6) is 11.5 Å². The summed E-state index contributed by atoms with van der Waals surface area (Å²) in [5.41, 5.74) is 0.729. The number of halogens is 1. The van der Waals surface area contributed by atoms with Gasteiger partial charge in [-0.05, 0) is 65.4 Å². The maximum Gasteiger partial charge on any atom is 0.269 e. The van der Waals surface area contributed by atoms with Crippen LogP contribution in [-0.2, 0) is 4.79 Å². The topological polar surface area (TPSA) is 114 Å². The monoisotopic (exact) mass is 493 g/mol. The molecule has 0 unspecified atom stereocenters. The zero-order chi connectivity index (χ0) is 20.7. The lowest BCUT2D eigenvalue weighted by molar-refractivity contribution is -0.384. The fraction of sp³-hybridized carbons (Fsp3) is 0.158. The molecule has 1 N–H and O–H groups in total. The second kappa shape index (κ2) is 9.70. The van der Waals surface area contributed by atoms with Gasteiger partial charge in [0.25, 0.3) is 11.6 Å². The number of nitro groups is 1. The number of methoxy groups -OCH3 is 1. The van der Waals surface area contributed by atoms with E-state index in [4.69, 9.17) is 9.47 Å². The third-order valence-corrected chi connectivity index (χ3v) is 4.35. The van der Waals surface area contributed by atoms with E-state index in [1.807, 2.05) is 13.0 Å². The van der Waals surface area contributed by atoms with E-state index in [0.717, 1.165) is 3.57 Å². The molecule has 2 aromatic rings. The highest BCUT2D eigenvalue weighted by molar-refractivity contribution is 14.1. The van der Waals surface area contributed by atoms with Crippen molar-refractivity contribution in [1.82, 2.24) is 0 Å². The van der Waals surface area contributed by atoms with Gasteiger partial charge < -0.3 is 14.8 Å². The molecule has 0 atom stereocenters. The first-order valence-electron chi connectivity index (χ1n) is 8.07. The van der Waals surface area contributed by atoms with Crippen LogP contribution in [0.25, 0.3) is 6.08 Å². The molecule has 0 aliphatic rings. The number of hydrogen-bond acceptors (Lipinski definition) is 6. The molecule has 0 saturated carbocycles. The van der Waals surface area contributed by atoms with Crippen LogP contribution >= 0.6 is 22.6 Å². The lowest BCUT2D eigenvalue weighted by Gasteiger charge is -2.12. The quantitative estimate of drug-likeness (QED) is 0.204. The van der Waals surface area contributed by atoms with Crippen molar-refractivity contribution in [3.05, 3.63) is 61.2 Å². The van der Waals surface area contributed by atoms with Crippen LogP contribution in [0.2, 0.25) is 0 Å². The van der Waals surface area contributed by atoms with E-state index in [1.54, 1.807) is 12.1 Å². The Morgan fingerprint density at radius 2 is 2.04 bits per heavy atom. The summed E-state index contributed by atoms with van der Waals surface area (Å²) in [5, 5.41) is 22.6. The first-order valence-corrected chi connectivity index (χ1v) is 9.15. The van der Waals surface area contributed by atoms with Crippen molar-refractivity contribution < 1.29 is 19.2 Å². The Kier molecular flexibility index (Phi) is 7.34. The fourth-order valence-corrected chi connectivity index (χ4v) is 3.16. The second-order valence-electron chi connectivity index (χ2n) is 5.40. The fourth-order valence-electron chi connectivity index (χ4n) is 2.31. The van der Waals surface area contributed by atoms with Gasteiger partial charge in [-0.1, -0.05) is 0 Å². The molecule has 0 aromatic heterocycles. The van der Waals surface area contributed by atoms with Gasteiger partial charge in [0.15, 0.2) is 11.5 Å². The van der Waals surface area contributed by atoms with Crippen LogP contribution < -0.4 is 14.8 Å². The molecule has 0 bridgehead atoms. The van der Waals surface area contributed by atoms with E-state index >= 15 is 0 Å². The Morgan fingerprint density at radius 1 is 1.36 bits per heavy atom. The Hall–Kier alpha value is -3.13. The first-order chi connectivity index (χ1) is 13.4. The SMILES string of the molecule is CCOc1cc(C=C(C#N)C(=O)Nc2ccc([N+](=O)[O-])cc2)cc(I)c1OC. The van der Waals surface area contributed by atoms with Gasteiger partial charge in [0.2, 0.25) is 0 Å². The molecule has 0 heterocycles. The van der Waals surface area contributed by atoms with E-state index in [2.05, 4.69) is 27.9 Å². The van der Waals surface area contributed by atoms with Crippen molar-refractivity contribution in [3.63, 3.8) is 0 Å². The Labute approximate surface area is 175 Å². The van der Waals surface area contributed by atoms with E-state index < -0.39 is 10.8 Å². The predicted octanol–water partition coefficient (Wildman–Crippen LogP) is 4.15. The molecule has 1 amide bonds. The summed E-state index contributed by atoms with van der Waals surface area (Å²) in [6.45, 7) is 2.28. The van der Waals surface area contributed by atoms with Crippen molar-refractivity contribution in [2.45, 2.75) is 6.92 Å². The minimum absolute atomic E-state index is 0.0923. The van der Waals surface area contributed by atoms with Crippen LogP contribution in [0.1, 0.15) is 12.5 Å².